The molecule has 0 unspecified atom stereocenters. The van der Waals surface area contributed by atoms with E-state index < -0.39 is 0 Å². The summed E-state index contributed by atoms with van der Waals surface area (Å²) in [5, 5.41) is 10.6. The molecule has 1 aliphatic rings. The molecule has 0 radical (unpaired) electrons. The number of nitrogens with one attached hydrogen (secondary N) is 2. The van der Waals surface area contributed by atoms with Gasteiger partial charge in [0.05, 0.1) is 6.54 Å². The molecular formula is C17H22BrIN4O. The Hall–Kier alpha value is -1.09. The van der Waals surface area contributed by atoms with Gasteiger partial charge in [-0.25, -0.2) is 4.99 Å². The molecule has 130 valence electrons. The molecule has 0 atom stereocenters. The molecule has 1 fully saturated rings. The lowest BCUT2D eigenvalue weighted by atomic mass is 9.96. The first kappa shape index (κ1) is 19.2. The van der Waals surface area contributed by atoms with Gasteiger partial charge < -0.3 is 15.2 Å². The van der Waals surface area contributed by atoms with Crippen LogP contribution in [0.25, 0.3) is 0 Å². The summed E-state index contributed by atoms with van der Waals surface area (Å²) >= 11 is 3.67. The molecule has 1 aromatic heterocycles. The Bertz CT molecular complexity index is 671. The first-order valence-corrected chi connectivity index (χ1v) is 8.69. The number of benzene rings is 1. The molecule has 0 spiro atoms. The van der Waals surface area contributed by atoms with Crippen LogP contribution in [0.5, 0.6) is 0 Å². The van der Waals surface area contributed by atoms with E-state index >= 15 is 0 Å². The van der Waals surface area contributed by atoms with E-state index in [0.29, 0.717) is 6.54 Å². The lowest BCUT2D eigenvalue weighted by molar-refractivity contribution is 0.412. The molecule has 3 rings (SSSR count). The highest BCUT2D eigenvalue weighted by Gasteiger charge is 2.45. The number of aliphatic imine (C=N–C) groups is 1. The molecule has 2 N–H and O–H groups in total. The number of hydrogen-bond acceptors (Lipinski definition) is 3. The summed E-state index contributed by atoms with van der Waals surface area (Å²) in [5.74, 6) is 0.814. The van der Waals surface area contributed by atoms with Gasteiger partial charge in [0.2, 0.25) is 0 Å². The van der Waals surface area contributed by atoms with Gasteiger partial charge in [-0.2, -0.15) is 0 Å². The van der Waals surface area contributed by atoms with E-state index in [9.17, 15) is 0 Å². The Morgan fingerprint density at radius 1 is 1.29 bits per heavy atom. The molecule has 7 heteroatoms. The summed E-state index contributed by atoms with van der Waals surface area (Å²) in [6.07, 6.45) is 3.97. The van der Waals surface area contributed by atoms with Gasteiger partial charge in [-0.05, 0) is 31.4 Å². The van der Waals surface area contributed by atoms with Crippen LogP contribution in [0.2, 0.25) is 0 Å². The zero-order valence-electron chi connectivity index (χ0n) is 13.6. The molecule has 24 heavy (non-hydrogen) atoms. The number of aromatic nitrogens is 1. The Kier molecular flexibility index (Phi) is 7.09. The molecule has 5 nitrogen and oxygen atoms in total. The maximum absolute atomic E-state index is 4.84. The van der Waals surface area contributed by atoms with Crippen molar-refractivity contribution in [2.75, 3.05) is 13.1 Å². The standard InChI is InChI=1S/C17H21BrN4O.HI/c1-2-19-16(20-11-13-7-10-23-22-13)21-12-17(8-9-17)14-5-3-4-6-15(14)18;/h3-7,10H,2,8-9,11-12H2,1H3,(H2,19,20,21);1H. The lowest BCUT2D eigenvalue weighted by Gasteiger charge is -2.20. The third-order valence-electron chi connectivity index (χ3n) is 4.13. The van der Waals surface area contributed by atoms with Gasteiger partial charge >= 0.3 is 0 Å². The van der Waals surface area contributed by atoms with Crippen LogP contribution >= 0.6 is 39.9 Å². The van der Waals surface area contributed by atoms with Gasteiger partial charge in [0, 0.05) is 29.0 Å². The van der Waals surface area contributed by atoms with Gasteiger partial charge in [0.1, 0.15) is 12.0 Å². The van der Waals surface area contributed by atoms with Gasteiger partial charge in [0.15, 0.2) is 5.96 Å². The van der Waals surface area contributed by atoms with Crippen LogP contribution in [0.3, 0.4) is 0 Å². The Morgan fingerprint density at radius 2 is 2.08 bits per heavy atom. The summed E-state index contributed by atoms with van der Waals surface area (Å²) in [6, 6.07) is 10.3. The van der Waals surface area contributed by atoms with E-state index in [1.165, 1.54) is 22.9 Å². The summed E-state index contributed by atoms with van der Waals surface area (Å²) in [5.41, 5.74) is 2.42. The second kappa shape index (κ2) is 8.84. The van der Waals surface area contributed by atoms with Crippen LogP contribution in [0, 0.1) is 0 Å². The third-order valence-corrected chi connectivity index (χ3v) is 4.82. The van der Waals surface area contributed by atoms with Gasteiger partial charge in [-0.15, -0.1) is 24.0 Å². The summed E-state index contributed by atoms with van der Waals surface area (Å²) < 4.78 is 6.02. The quantitative estimate of drug-likeness (QED) is 0.356. The zero-order chi connectivity index (χ0) is 16.1. The molecular weight excluding hydrogens is 483 g/mol. The van der Waals surface area contributed by atoms with E-state index in [-0.39, 0.29) is 29.4 Å². The Balaban J connectivity index is 0.00000208. The fourth-order valence-electron chi connectivity index (χ4n) is 2.66. The maximum atomic E-state index is 4.84. The highest BCUT2D eigenvalue weighted by Crippen LogP contribution is 2.49. The van der Waals surface area contributed by atoms with Crippen molar-refractivity contribution in [3.63, 3.8) is 0 Å². The number of guanidine groups is 1. The summed E-state index contributed by atoms with van der Waals surface area (Å²) in [6.45, 7) is 4.27. The van der Waals surface area contributed by atoms with Crippen molar-refractivity contribution in [2.24, 2.45) is 4.99 Å². The van der Waals surface area contributed by atoms with Crippen molar-refractivity contribution in [3.05, 3.63) is 52.3 Å². The molecule has 2 aromatic rings. The highest BCUT2D eigenvalue weighted by molar-refractivity contribution is 14.0. The first-order chi connectivity index (χ1) is 11.2. The number of rotatable bonds is 6. The van der Waals surface area contributed by atoms with E-state index in [1.807, 2.05) is 6.07 Å². The molecule has 1 aliphatic carbocycles. The van der Waals surface area contributed by atoms with E-state index in [0.717, 1.165) is 24.7 Å². The molecule has 1 heterocycles. The molecule has 1 saturated carbocycles. The number of hydrogen-bond donors (Lipinski definition) is 2. The third kappa shape index (κ3) is 4.72. The number of nitrogens with zero attached hydrogens (tertiary/aromatic N) is 2. The number of halogens is 2. The van der Waals surface area contributed by atoms with Crippen molar-refractivity contribution < 1.29 is 4.52 Å². The molecule has 1 aromatic carbocycles. The second-order valence-electron chi connectivity index (χ2n) is 5.80. The summed E-state index contributed by atoms with van der Waals surface area (Å²) in [7, 11) is 0. The van der Waals surface area contributed by atoms with Crippen LogP contribution in [0.4, 0.5) is 0 Å². The van der Waals surface area contributed by atoms with Crippen molar-refractivity contribution in [1.29, 1.82) is 0 Å². The Morgan fingerprint density at radius 3 is 2.71 bits per heavy atom. The minimum absolute atomic E-state index is 0. The van der Waals surface area contributed by atoms with Crippen LogP contribution < -0.4 is 10.6 Å². The van der Waals surface area contributed by atoms with Crippen molar-refractivity contribution in [2.45, 2.75) is 31.7 Å². The topological polar surface area (TPSA) is 62.5 Å². The van der Waals surface area contributed by atoms with Crippen LogP contribution in [0.1, 0.15) is 31.0 Å². The lowest BCUT2D eigenvalue weighted by Crippen LogP contribution is -2.41. The van der Waals surface area contributed by atoms with Crippen molar-refractivity contribution in [1.82, 2.24) is 15.8 Å². The van der Waals surface area contributed by atoms with E-state index in [4.69, 9.17) is 4.52 Å². The monoisotopic (exact) mass is 504 g/mol. The first-order valence-electron chi connectivity index (χ1n) is 7.90. The van der Waals surface area contributed by atoms with Crippen molar-refractivity contribution >= 4 is 45.9 Å². The minimum atomic E-state index is 0. The predicted molar refractivity (Wildman–Crippen MR) is 110 cm³/mol. The Labute approximate surface area is 167 Å². The van der Waals surface area contributed by atoms with Crippen LogP contribution in [0.15, 0.2) is 50.6 Å². The SMILES string of the molecule is CCNC(=NCc1ccon1)NCC1(c2ccccc2Br)CC1.I. The van der Waals surface area contributed by atoms with E-state index in [2.05, 4.69) is 67.9 Å². The molecule has 0 saturated heterocycles. The molecule has 0 amide bonds. The molecule has 0 bridgehead atoms. The summed E-state index contributed by atoms with van der Waals surface area (Å²) in [4.78, 5) is 4.56. The molecule has 0 aliphatic heterocycles. The maximum Gasteiger partial charge on any atom is 0.191 e. The zero-order valence-corrected chi connectivity index (χ0v) is 17.5. The fraction of sp³-hybridized carbons (Fsp3) is 0.412. The largest absolute Gasteiger partial charge is 0.364 e. The smallest absolute Gasteiger partial charge is 0.191 e. The van der Waals surface area contributed by atoms with Crippen LogP contribution in [-0.4, -0.2) is 24.2 Å². The fourth-order valence-corrected chi connectivity index (χ4v) is 3.36. The van der Waals surface area contributed by atoms with E-state index in [1.54, 1.807) is 6.26 Å². The normalized spacial score (nSPS) is 15.5. The highest BCUT2D eigenvalue weighted by atomic mass is 127. The minimum Gasteiger partial charge on any atom is -0.364 e. The average molecular weight is 505 g/mol. The predicted octanol–water partition coefficient (Wildman–Crippen LogP) is 3.84. The van der Waals surface area contributed by atoms with Gasteiger partial charge in [0.25, 0.3) is 0 Å². The van der Waals surface area contributed by atoms with Gasteiger partial charge in [-0.1, -0.05) is 39.3 Å². The van der Waals surface area contributed by atoms with Crippen LogP contribution in [-0.2, 0) is 12.0 Å². The average Bonchev–Trinajstić information content (AvgIpc) is 3.16. The van der Waals surface area contributed by atoms with Gasteiger partial charge in [-0.3, -0.25) is 0 Å². The second-order valence-corrected chi connectivity index (χ2v) is 6.65. The van der Waals surface area contributed by atoms with Crippen molar-refractivity contribution in [3.8, 4) is 0 Å².